The Hall–Kier alpha value is -3.39. The van der Waals surface area contributed by atoms with Crippen molar-refractivity contribution in [2.45, 2.75) is 32.5 Å². The van der Waals surface area contributed by atoms with Crippen LogP contribution in [0.3, 0.4) is 0 Å². The molecule has 0 bridgehead atoms. The number of nitrogens with one attached hydrogen (secondary N) is 1. The predicted molar refractivity (Wildman–Crippen MR) is 125 cm³/mol. The lowest BCUT2D eigenvalue weighted by molar-refractivity contribution is -0.0679. The number of aryl methyl sites for hydroxylation is 1. The van der Waals surface area contributed by atoms with Crippen LogP contribution in [0, 0.1) is 12.8 Å². The number of aromatic hydroxyl groups is 1. The summed E-state index contributed by atoms with van der Waals surface area (Å²) in [7, 11) is 0. The molecule has 172 valence electrons. The molecule has 0 radical (unpaired) electrons. The summed E-state index contributed by atoms with van der Waals surface area (Å²) in [4.78, 5) is 23.9. The molecule has 2 atom stereocenters. The van der Waals surface area contributed by atoms with Crippen LogP contribution in [0.25, 0.3) is 22.3 Å². The van der Waals surface area contributed by atoms with Crippen molar-refractivity contribution in [2.24, 2.45) is 5.92 Å². The van der Waals surface area contributed by atoms with E-state index in [0.29, 0.717) is 24.5 Å². The number of aromatic nitrogens is 2. The molecule has 2 saturated heterocycles. The molecule has 2 aliphatic heterocycles. The van der Waals surface area contributed by atoms with Crippen LogP contribution >= 0.6 is 0 Å². The molecule has 0 aliphatic carbocycles. The lowest BCUT2D eigenvalue weighted by atomic mass is 10.1. The van der Waals surface area contributed by atoms with Crippen molar-refractivity contribution in [3.8, 4) is 17.1 Å². The van der Waals surface area contributed by atoms with E-state index in [1.165, 1.54) is 0 Å². The van der Waals surface area contributed by atoms with Crippen LogP contribution in [0.5, 0.6) is 5.75 Å². The normalized spacial score (nSPS) is 20.3. The van der Waals surface area contributed by atoms with Crippen LogP contribution in [0.2, 0.25) is 0 Å². The van der Waals surface area contributed by atoms with Gasteiger partial charge in [0.2, 0.25) is 6.29 Å². The maximum absolute atomic E-state index is 12.1. The third kappa shape index (κ3) is 4.71. The van der Waals surface area contributed by atoms with Gasteiger partial charge in [-0.2, -0.15) is 0 Å². The Balaban J connectivity index is 1.34. The van der Waals surface area contributed by atoms with E-state index < -0.39 is 12.4 Å². The van der Waals surface area contributed by atoms with E-state index in [0.717, 1.165) is 54.6 Å². The Morgan fingerprint density at radius 3 is 2.94 bits per heavy atom. The number of phenolic OH excluding ortho intramolecular Hbond substituents is 1. The maximum atomic E-state index is 12.1. The van der Waals surface area contributed by atoms with Crippen molar-refractivity contribution >= 4 is 22.8 Å². The summed E-state index contributed by atoms with van der Waals surface area (Å²) in [6.45, 7) is 4.81. The maximum Gasteiger partial charge on any atom is 0.409 e. The zero-order chi connectivity index (χ0) is 22.8. The summed E-state index contributed by atoms with van der Waals surface area (Å²) >= 11 is 0. The molecule has 2 aliphatic rings. The van der Waals surface area contributed by atoms with Crippen molar-refractivity contribution in [1.82, 2.24) is 15.3 Å². The van der Waals surface area contributed by atoms with Crippen molar-refractivity contribution < 1.29 is 19.4 Å². The molecule has 3 heterocycles. The van der Waals surface area contributed by atoms with E-state index in [4.69, 9.17) is 19.4 Å². The minimum atomic E-state index is -0.426. The Bertz CT molecular complexity index is 1160. The van der Waals surface area contributed by atoms with Crippen LogP contribution in [0.15, 0.2) is 42.5 Å². The fraction of sp³-hybridized carbons (Fsp3) is 0.400. The van der Waals surface area contributed by atoms with Crippen molar-refractivity contribution in [2.75, 3.05) is 31.1 Å². The number of ether oxygens (including phenoxy) is 2. The van der Waals surface area contributed by atoms with Crippen molar-refractivity contribution in [3.63, 3.8) is 0 Å². The van der Waals surface area contributed by atoms with Gasteiger partial charge in [0.15, 0.2) is 5.82 Å². The lowest BCUT2D eigenvalue weighted by Gasteiger charge is -2.21. The van der Waals surface area contributed by atoms with Gasteiger partial charge in [-0.1, -0.05) is 18.2 Å². The zero-order valence-electron chi connectivity index (χ0n) is 18.7. The quantitative estimate of drug-likeness (QED) is 0.609. The molecular formula is C25H28N4O4. The van der Waals surface area contributed by atoms with Gasteiger partial charge in [-0.05, 0) is 55.5 Å². The number of alkyl carbamates (subject to hydrolysis) is 1. The first kappa shape index (κ1) is 21.5. The third-order valence-electron chi connectivity index (χ3n) is 6.22. The van der Waals surface area contributed by atoms with E-state index in [2.05, 4.69) is 22.3 Å². The minimum Gasteiger partial charge on any atom is -0.507 e. The number of rotatable bonds is 5. The summed E-state index contributed by atoms with van der Waals surface area (Å²) in [5.74, 6) is 1.79. The lowest BCUT2D eigenvalue weighted by Crippen LogP contribution is -2.33. The van der Waals surface area contributed by atoms with E-state index in [9.17, 15) is 9.90 Å². The summed E-state index contributed by atoms with van der Waals surface area (Å²) in [5.41, 5.74) is 2.57. The Morgan fingerprint density at radius 2 is 2.12 bits per heavy atom. The average Bonchev–Trinajstić information content (AvgIpc) is 3.49. The first-order valence-electron chi connectivity index (χ1n) is 11.4. The minimum absolute atomic E-state index is 0.156. The number of fused-ring (bicyclic) bond motifs is 1. The van der Waals surface area contributed by atoms with Crippen LogP contribution < -0.4 is 10.2 Å². The average molecular weight is 449 g/mol. The zero-order valence-corrected chi connectivity index (χ0v) is 18.7. The number of carbonyl (C=O) groups is 1. The van der Waals surface area contributed by atoms with Crippen LogP contribution in [-0.2, 0) is 9.47 Å². The fourth-order valence-corrected chi connectivity index (χ4v) is 4.47. The molecule has 5 rings (SSSR count). The number of hydrogen-bond acceptors (Lipinski definition) is 7. The van der Waals surface area contributed by atoms with E-state index in [1.807, 2.05) is 25.1 Å². The highest BCUT2D eigenvalue weighted by Gasteiger charge is 2.27. The first-order chi connectivity index (χ1) is 16.1. The van der Waals surface area contributed by atoms with E-state index in [-0.39, 0.29) is 11.7 Å². The summed E-state index contributed by atoms with van der Waals surface area (Å²) in [6.07, 6.45) is 1.76. The van der Waals surface area contributed by atoms with Crippen molar-refractivity contribution in [1.29, 1.82) is 0 Å². The second kappa shape index (κ2) is 9.23. The number of anilines is 1. The molecule has 1 amide bonds. The largest absolute Gasteiger partial charge is 0.507 e. The molecule has 2 N–H and O–H groups in total. The Kier molecular flexibility index (Phi) is 6.00. The molecular weight excluding hydrogens is 420 g/mol. The number of nitrogens with zero attached hydrogens (tertiary/aromatic N) is 3. The monoisotopic (exact) mass is 448 g/mol. The molecule has 8 nitrogen and oxygen atoms in total. The smallest absolute Gasteiger partial charge is 0.409 e. The van der Waals surface area contributed by atoms with Gasteiger partial charge in [-0.25, -0.2) is 14.8 Å². The fourth-order valence-electron chi connectivity index (χ4n) is 4.47. The van der Waals surface area contributed by atoms with Crippen LogP contribution in [0.1, 0.15) is 24.8 Å². The second-order valence-electron chi connectivity index (χ2n) is 8.74. The molecule has 0 spiro atoms. The van der Waals surface area contributed by atoms with Gasteiger partial charge in [0.1, 0.15) is 11.6 Å². The Morgan fingerprint density at radius 1 is 1.24 bits per heavy atom. The highest BCUT2D eigenvalue weighted by atomic mass is 16.7. The van der Waals surface area contributed by atoms with E-state index >= 15 is 0 Å². The first-order valence-corrected chi connectivity index (χ1v) is 11.4. The van der Waals surface area contributed by atoms with Gasteiger partial charge in [-0.3, -0.25) is 0 Å². The third-order valence-corrected chi connectivity index (χ3v) is 6.22. The highest BCUT2D eigenvalue weighted by molar-refractivity contribution is 5.92. The molecule has 0 saturated carbocycles. The molecule has 1 aromatic heterocycles. The van der Waals surface area contributed by atoms with Crippen molar-refractivity contribution in [3.05, 3.63) is 48.0 Å². The molecule has 33 heavy (non-hydrogen) atoms. The highest BCUT2D eigenvalue weighted by Crippen LogP contribution is 2.33. The number of carbonyl (C=O) groups excluding carboxylic acids is 1. The van der Waals surface area contributed by atoms with Gasteiger partial charge < -0.3 is 24.8 Å². The molecule has 2 fully saturated rings. The second-order valence-corrected chi connectivity index (χ2v) is 8.74. The SMILES string of the molecule is Cc1ccc2c(N3CC[C@H](CNC(=O)O[C@@H]4CCCO4)C3)nc(-c3ccccc3O)nc2c1. The topological polar surface area (TPSA) is 96.8 Å². The van der Waals surface area contributed by atoms with Gasteiger partial charge >= 0.3 is 6.09 Å². The number of amides is 1. The number of para-hydroxylation sites is 1. The summed E-state index contributed by atoms with van der Waals surface area (Å²) in [6, 6.07) is 13.3. The molecule has 8 heteroatoms. The molecule has 3 aromatic rings. The standard InChI is InChI=1S/C25H28N4O4/c1-16-8-9-18-20(13-16)27-23(19-5-2-3-6-21(19)30)28-24(18)29-11-10-17(15-29)14-26-25(31)33-22-7-4-12-32-22/h2-3,5-6,8-9,13,17,22,30H,4,7,10-12,14-15H2,1H3,(H,26,31)/t17-,22-/m1/s1. The summed E-state index contributed by atoms with van der Waals surface area (Å²) < 4.78 is 10.6. The Labute approximate surface area is 192 Å². The summed E-state index contributed by atoms with van der Waals surface area (Å²) in [5, 5.41) is 14.2. The van der Waals surface area contributed by atoms with Gasteiger partial charge in [-0.15, -0.1) is 0 Å². The number of hydrogen-bond donors (Lipinski definition) is 2. The molecule has 0 unspecified atom stereocenters. The number of phenols is 1. The van der Waals surface area contributed by atoms with Crippen LogP contribution in [-0.4, -0.2) is 53.7 Å². The van der Waals surface area contributed by atoms with Gasteiger partial charge in [0.05, 0.1) is 17.7 Å². The van der Waals surface area contributed by atoms with Crippen LogP contribution in [0.4, 0.5) is 10.6 Å². The molecule has 2 aromatic carbocycles. The van der Waals surface area contributed by atoms with E-state index in [1.54, 1.807) is 12.1 Å². The number of benzene rings is 2. The van der Waals surface area contributed by atoms with Gasteiger partial charge in [0.25, 0.3) is 0 Å². The van der Waals surface area contributed by atoms with Gasteiger partial charge in [0, 0.05) is 31.4 Å². The predicted octanol–water partition coefficient (Wildman–Crippen LogP) is 4.00.